The fourth-order valence-corrected chi connectivity index (χ4v) is 3.40. The van der Waals surface area contributed by atoms with Crippen molar-refractivity contribution in [1.82, 2.24) is 9.88 Å². The summed E-state index contributed by atoms with van der Waals surface area (Å²) in [4.78, 5) is 12.3. The summed E-state index contributed by atoms with van der Waals surface area (Å²) in [6, 6.07) is 4.89. The molecule has 1 heterocycles. The number of carbonyl (C=O) groups excluding carboxylic acids is 1. The number of rotatable bonds is 7. The van der Waals surface area contributed by atoms with E-state index >= 15 is 0 Å². The summed E-state index contributed by atoms with van der Waals surface area (Å²) in [6.07, 6.45) is 0.281. The molecule has 1 atom stereocenters. The first-order valence-electron chi connectivity index (χ1n) is 7.69. The van der Waals surface area contributed by atoms with Crippen LogP contribution in [0.2, 0.25) is 0 Å². The number of halogens is 1. The van der Waals surface area contributed by atoms with Gasteiger partial charge in [0.15, 0.2) is 5.82 Å². The first-order valence-corrected chi connectivity index (χ1v) is 9.18. The van der Waals surface area contributed by atoms with Crippen LogP contribution in [0.4, 0.5) is 10.2 Å². The quantitative estimate of drug-likeness (QED) is 0.781. The molecule has 0 saturated heterocycles. The van der Waals surface area contributed by atoms with Gasteiger partial charge in [0, 0.05) is 6.07 Å². The van der Waals surface area contributed by atoms with Crippen LogP contribution in [-0.2, 0) is 14.8 Å². The third-order valence-electron chi connectivity index (χ3n) is 3.32. The van der Waals surface area contributed by atoms with Crippen LogP contribution >= 0.6 is 0 Å². The van der Waals surface area contributed by atoms with Crippen molar-refractivity contribution < 1.29 is 22.1 Å². The van der Waals surface area contributed by atoms with E-state index in [1.807, 2.05) is 13.8 Å². The molecule has 0 aliphatic rings. The summed E-state index contributed by atoms with van der Waals surface area (Å²) in [5.41, 5.74) is 0. The Morgan fingerprint density at radius 3 is 2.44 bits per heavy atom. The Bertz CT molecular complexity index is 831. The van der Waals surface area contributed by atoms with Gasteiger partial charge in [0.1, 0.15) is 17.6 Å². The van der Waals surface area contributed by atoms with E-state index in [0.29, 0.717) is 5.76 Å². The molecule has 136 valence electrons. The molecular formula is C16H20FN3O4S. The first-order chi connectivity index (χ1) is 11.7. The normalized spacial score (nSPS) is 13.0. The van der Waals surface area contributed by atoms with Gasteiger partial charge in [-0.05, 0) is 43.5 Å². The van der Waals surface area contributed by atoms with E-state index in [9.17, 15) is 17.6 Å². The molecule has 0 saturated carbocycles. The van der Waals surface area contributed by atoms with Crippen LogP contribution in [0.5, 0.6) is 0 Å². The van der Waals surface area contributed by atoms with Crippen molar-refractivity contribution in [3.05, 3.63) is 41.9 Å². The number of nitrogens with one attached hydrogen (secondary N) is 2. The molecule has 2 N–H and O–H groups in total. The van der Waals surface area contributed by atoms with E-state index in [1.54, 1.807) is 6.92 Å². The number of sulfonamides is 1. The van der Waals surface area contributed by atoms with Crippen LogP contribution < -0.4 is 10.0 Å². The van der Waals surface area contributed by atoms with E-state index < -0.39 is 27.8 Å². The fraction of sp³-hybridized carbons (Fsp3) is 0.375. The van der Waals surface area contributed by atoms with Crippen LogP contribution in [0.3, 0.4) is 0 Å². The lowest BCUT2D eigenvalue weighted by Crippen LogP contribution is -2.44. The molecule has 0 aliphatic carbocycles. The van der Waals surface area contributed by atoms with Gasteiger partial charge < -0.3 is 9.84 Å². The molecule has 25 heavy (non-hydrogen) atoms. The van der Waals surface area contributed by atoms with E-state index in [2.05, 4.69) is 15.2 Å². The molecule has 2 aromatic rings. The van der Waals surface area contributed by atoms with Crippen LogP contribution in [-0.4, -0.2) is 25.5 Å². The van der Waals surface area contributed by atoms with Gasteiger partial charge in [0.2, 0.25) is 15.9 Å². The number of nitrogens with zero attached hydrogens (tertiary/aromatic N) is 1. The standard InChI is InChI=1S/C16H20FN3O4S/c1-10(2)8-14(16(21)18-15-9-11(3)24-19-15)20-25(22,23)13-6-4-12(17)5-7-13/h4-7,9-10,14,20H,8H2,1-3H3,(H,18,19,21)/t14-/m1/s1. The Hall–Kier alpha value is -2.26. The lowest BCUT2D eigenvalue weighted by molar-refractivity contribution is -0.118. The Balaban J connectivity index is 2.18. The maximum Gasteiger partial charge on any atom is 0.243 e. The average molecular weight is 369 g/mol. The first kappa shape index (κ1) is 19.1. The molecule has 0 spiro atoms. The number of amides is 1. The van der Waals surface area contributed by atoms with Crippen LogP contribution in [0.1, 0.15) is 26.0 Å². The van der Waals surface area contributed by atoms with Crippen molar-refractivity contribution in [3.8, 4) is 0 Å². The van der Waals surface area contributed by atoms with Crippen molar-refractivity contribution in [3.63, 3.8) is 0 Å². The van der Waals surface area contributed by atoms with Gasteiger partial charge in [-0.3, -0.25) is 4.79 Å². The van der Waals surface area contributed by atoms with Gasteiger partial charge >= 0.3 is 0 Å². The minimum atomic E-state index is -3.98. The molecule has 0 unspecified atom stereocenters. The number of hydrogen-bond donors (Lipinski definition) is 2. The third-order valence-corrected chi connectivity index (χ3v) is 4.81. The Morgan fingerprint density at radius 1 is 1.28 bits per heavy atom. The Morgan fingerprint density at radius 2 is 1.92 bits per heavy atom. The highest BCUT2D eigenvalue weighted by molar-refractivity contribution is 7.89. The molecule has 7 nitrogen and oxygen atoms in total. The molecule has 2 rings (SSSR count). The van der Waals surface area contributed by atoms with Crippen LogP contribution in [0, 0.1) is 18.7 Å². The van der Waals surface area contributed by atoms with E-state index in [1.165, 1.54) is 6.07 Å². The zero-order valence-corrected chi connectivity index (χ0v) is 14.9. The monoisotopic (exact) mass is 369 g/mol. The predicted molar refractivity (Wildman–Crippen MR) is 89.8 cm³/mol. The van der Waals surface area contributed by atoms with E-state index in [-0.39, 0.29) is 23.1 Å². The van der Waals surface area contributed by atoms with Crippen molar-refractivity contribution in [2.75, 3.05) is 5.32 Å². The Labute approximate surface area is 145 Å². The zero-order valence-electron chi connectivity index (χ0n) is 14.1. The van der Waals surface area contributed by atoms with Crippen molar-refractivity contribution in [2.24, 2.45) is 5.92 Å². The average Bonchev–Trinajstić information content (AvgIpc) is 2.91. The van der Waals surface area contributed by atoms with E-state index in [0.717, 1.165) is 24.3 Å². The van der Waals surface area contributed by atoms with Gasteiger partial charge in [0.25, 0.3) is 0 Å². The number of benzene rings is 1. The maximum absolute atomic E-state index is 13.0. The second kappa shape index (κ2) is 7.75. The Kier molecular flexibility index (Phi) is 5.91. The minimum Gasteiger partial charge on any atom is -0.360 e. The molecule has 1 aromatic carbocycles. The second-order valence-electron chi connectivity index (χ2n) is 6.07. The molecule has 1 amide bonds. The molecule has 0 aliphatic heterocycles. The van der Waals surface area contributed by atoms with Crippen molar-refractivity contribution in [2.45, 2.75) is 38.1 Å². The van der Waals surface area contributed by atoms with Crippen molar-refractivity contribution in [1.29, 1.82) is 0 Å². The number of aryl methyl sites for hydroxylation is 1. The van der Waals surface area contributed by atoms with Crippen molar-refractivity contribution >= 4 is 21.7 Å². The third kappa shape index (κ3) is 5.36. The van der Waals surface area contributed by atoms with Gasteiger partial charge in [0.05, 0.1) is 4.90 Å². The summed E-state index contributed by atoms with van der Waals surface area (Å²) < 4.78 is 45.1. The maximum atomic E-state index is 13.0. The summed E-state index contributed by atoms with van der Waals surface area (Å²) in [5.74, 6) is -0.310. The molecule has 1 aromatic heterocycles. The van der Waals surface area contributed by atoms with E-state index in [4.69, 9.17) is 4.52 Å². The van der Waals surface area contributed by atoms with Crippen LogP contribution in [0.25, 0.3) is 0 Å². The van der Waals surface area contributed by atoms with Crippen LogP contribution in [0.15, 0.2) is 39.8 Å². The van der Waals surface area contributed by atoms with Gasteiger partial charge in [-0.2, -0.15) is 4.72 Å². The molecule has 0 bridgehead atoms. The predicted octanol–water partition coefficient (Wildman–Crippen LogP) is 2.45. The minimum absolute atomic E-state index is 0.0608. The number of carbonyl (C=O) groups is 1. The van der Waals surface area contributed by atoms with Gasteiger partial charge in [-0.1, -0.05) is 19.0 Å². The van der Waals surface area contributed by atoms with Gasteiger partial charge in [-0.15, -0.1) is 0 Å². The number of aromatic nitrogens is 1. The van der Waals surface area contributed by atoms with Gasteiger partial charge in [-0.25, -0.2) is 12.8 Å². The highest BCUT2D eigenvalue weighted by Gasteiger charge is 2.27. The highest BCUT2D eigenvalue weighted by Crippen LogP contribution is 2.15. The number of hydrogen-bond acceptors (Lipinski definition) is 5. The summed E-state index contributed by atoms with van der Waals surface area (Å²) in [5, 5.41) is 6.18. The lowest BCUT2D eigenvalue weighted by atomic mass is 10.0. The molecule has 0 fully saturated rings. The smallest absolute Gasteiger partial charge is 0.243 e. The second-order valence-corrected chi connectivity index (χ2v) is 7.78. The highest BCUT2D eigenvalue weighted by atomic mass is 32.2. The molecule has 0 radical (unpaired) electrons. The summed E-state index contributed by atoms with van der Waals surface area (Å²) in [6.45, 7) is 5.41. The zero-order chi connectivity index (χ0) is 18.6. The topological polar surface area (TPSA) is 101 Å². The molecule has 9 heteroatoms. The fourth-order valence-electron chi connectivity index (χ4n) is 2.19. The summed E-state index contributed by atoms with van der Waals surface area (Å²) >= 11 is 0. The SMILES string of the molecule is Cc1cc(NC(=O)[C@@H](CC(C)C)NS(=O)(=O)c2ccc(F)cc2)no1. The number of anilines is 1. The largest absolute Gasteiger partial charge is 0.360 e. The summed E-state index contributed by atoms with van der Waals surface area (Å²) in [7, 11) is -3.98. The lowest BCUT2D eigenvalue weighted by Gasteiger charge is -2.19. The molecular weight excluding hydrogens is 349 g/mol.